The smallest absolute Gasteiger partial charge is 0.188 e. The number of pyridine rings is 1. The third-order valence-corrected chi connectivity index (χ3v) is 15.9. The summed E-state index contributed by atoms with van der Waals surface area (Å²) in [6.07, 6.45) is 11.9. The maximum absolute atomic E-state index is 5.24. The van der Waals surface area contributed by atoms with Gasteiger partial charge < -0.3 is 25.3 Å². The van der Waals surface area contributed by atoms with Crippen molar-refractivity contribution < 1.29 is 0 Å². The normalized spacial score (nSPS) is 16.8. The van der Waals surface area contributed by atoms with Crippen LogP contribution in [0.15, 0.2) is 129 Å². The Morgan fingerprint density at radius 2 is 1.61 bits per heavy atom. The van der Waals surface area contributed by atoms with Crippen molar-refractivity contribution in [3.8, 4) is 11.1 Å². The Kier molecular flexibility index (Phi) is 13.9. The van der Waals surface area contributed by atoms with Crippen LogP contribution in [0.1, 0.15) is 89.2 Å². The van der Waals surface area contributed by atoms with Crippen LogP contribution in [0, 0.1) is 6.92 Å². The van der Waals surface area contributed by atoms with E-state index < -0.39 is 0 Å². The molecule has 9 nitrogen and oxygen atoms in total. The van der Waals surface area contributed by atoms with E-state index in [-0.39, 0.29) is 5.92 Å². The average Bonchev–Trinajstić information content (AvgIpc) is 3.93. The molecule has 2 N–H and O–H groups in total. The van der Waals surface area contributed by atoms with Crippen molar-refractivity contribution in [2.24, 2.45) is 7.05 Å². The van der Waals surface area contributed by atoms with Crippen LogP contribution in [0.2, 0.25) is 0 Å². The van der Waals surface area contributed by atoms with Gasteiger partial charge in [-0.2, -0.15) is 5.10 Å². The van der Waals surface area contributed by atoms with E-state index in [2.05, 4.69) is 155 Å². The molecule has 0 bridgehead atoms. The maximum Gasteiger partial charge on any atom is 0.188 e. The summed E-state index contributed by atoms with van der Waals surface area (Å²) >= 11 is 1.65. The van der Waals surface area contributed by atoms with Gasteiger partial charge in [-0.15, -0.1) is 0 Å². The number of piperidine rings is 1. The number of para-hydroxylation sites is 1. The fourth-order valence-corrected chi connectivity index (χ4v) is 11.8. The van der Waals surface area contributed by atoms with Gasteiger partial charge in [-0.25, -0.2) is 9.97 Å². The second-order valence-electron chi connectivity index (χ2n) is 19.4. The first-order valence-electron chi connectivity index (χ1n) is 25.1. The Morgan fingerprint density at radius 1 is 0.826 bits per heavy atom. The van der Waals surface area contributed by atoms with Crippen molar-refractivity contribution >= 4 is 55.2 Å². The molecule has 7 aromatic rings. The molecule has 0 amide bonds. The monoisotopic (exact) mass is 934 g/mol. The van der Waals surface area contributed by atoms with Crippen molar-refractivity contribution in [1.82, 2.24) is 34.9 Å². The molecule has 0 saturated carbocycles. The number of anilines is 2. The maximum atomic E-state index is 5.24. The predicted octanol–water partition coefficient (Wildman–Crippen LogP) is 12.3. The highest BCUT2D eigenvalue weighted by molar-refractivity contribution is 7.22. The van der Waals surface area contributed by atoms with Gasteiger partial charge in [0, 0.05) is 85.8 Å². The minimum absolute atomic E-state index is 0.230. The molecular weight excluding hydrogens is 867 g/mol. The third-order valence-electron chi connectivity index (χ3n) is 14.9. The van der Waals surface area contributed by atoms with Gasteiger partial charge in [0.15, 0.2) is 5.13 Å². The van der Waals surface area contributed by atoms with E-state index in [1.165, 1.54) is 109 Å². The first kappa shape index (κ1) is 46.4. The molecule has 2 saturated heterocycles. The number of unbranched alkanes of at least 4 members (excludes halogenated alkanes) is 2. The number of aryl methyl sites for hydroxylation is 3. The third kappa shape index (κ3) is 10.2. The first-order valence-corrected chi connectivity index (χ1v) is 25.9. The van der Waals surface area contributed by atoms with Crippen LogP contribution >= 0.6 is 11.3 Å². The standard InChI is InChI=1S/C59H67N9S/c1-7-53-50(28-29-57(62-53)68-33-30-46-19-15-21-48(52(46)39-68)42(4)61-59-63-54-22-8-9-23-56(54)69-59)47-20-14-18-45(41(47)3)17-11-13-32-67-36-34-66(35-37-67)31-12-10-16-44-25-27-51-55(38-44)65(6)64-58(51)49-26-24-40(2)60-43(49)5/h7-9,14-15,18-23,25,27-29,38,49,60H,1-2,4-5,10-13,16-17,24,26,30-37,39H2,3,6H3,(H,61,63). The number of fused-ring (bicyclic) bond motifs is 3. The van der Waals surface area contributed by atoms with Crippen LogP contribution in [0.4, 0.5) is 10.9 Å². The molecule has 6 heterocycles. The number of nitrogens with one attached hydrogen (secondary N) is 2. The van der Waals surface area contributed by atoms with Crippen molar-refractivity contribution in [1.29, 1.82) is 0 Å². The highest BCUT2D eigenvalue weighted by Gasteiger charge is 2.27. The van der Waals surface area contributed by atoms with Gasteiger partial charge in [0.25, 0.3) is 0 Å². The lowest BCUT2D eigenvalue weighted by Gasteiger charge is -2.34. The van der Waals surface area contributed by atoms with Crippen LogP contribution in [0.5, 0.6) is 0 Å². The molecule has 4 aromatic carbocycles. The van der Waals surface area contributed by atoms with E-state index in [0.29, 0.717) is 0 Å². The van der Waals surface area contributed by atoms with Gasteiger partial charge in [-0.05, 0) is 148 Å². The quantitative estimate of drug-likeness (QED) is 0.0875. The SMILES string of the molecule is C=Cc1nc(N2CCc3cccc(C(=C)Nc4nc5ccccc5s4)c3C2)ccc1-c1cccc(CCCCN2CCN(CCCCc3ccc4c(C5CCC(=C)NC5=C)nn(C)c4c3)CC2)c1C. The number of hydrogen-bond acceptors (Lipinski definition) is 9. The second-order valence-corrected chi connectivity index (χ2v) is 20.4. The number of rotatable bonds is 17. The molecule has 0 aliphatic carbocycles. The summed E-state index contributed by atoms with van der Waals surface area (Å²) in [5, 5.41) is 13.9. The van der Waals surface area contributed by atoms with Crippen LogP contribution in [-0.4, -0.2) is 75.4 Å². The van der Waals surface area contributed by atoms with Crippen molar-refractivity contribution in [3.63, 3.8) is 0 Å². The average molecular weight is 934 g/mol. The lowest BCUT2D eigenvalue weighted by atomic mass is 9.90. The van der Waals surface area contributed by atoms with Gasteiger partial charge in [-0.1, -0.05) is 98.3 Å². The number of aromatic nitrogens is 4. The molecule has 10 rings (SSSR count). The Hall–Kier alpha value is -6.33. The number of thiazole rings is 1. The summed E-state index contributed by atoms with van der Waals surface area (Å²) < 4.78 is 3.21. The van der Waals surface area contributed by atoms with Crippen LogP contribution in [-0.2, 0) is 32.9 Å². The number of hydrogen-bond donors (Lipinski definition) is 2. The Bertz CT molecular complexity index is 3010. The second kappa shape index (κ2) is 20.7. The molecule has 354 valence electrons. The van der Waals surface area contributed by atoms with Crippen LogP contribution in [0.3, 0.4) is 0 Å². The fraction of sp³-hybridized carbons (Fsp3) is 0.339. The highest BCUT2D eigenvalue weighted by Crippen LogP contribution is 2.37. The number of allylic oxidation sites excluding steroid dienone is 2. The lowest BCUT2D eigenvalue weighted by molar-refractivity contribution is 0.129. The van der Waals surface area contributed by atoms with Crippen molar-refractivity contribution in [2.45, 2.75) is 77.2 Å². The summed E-state index contributed by atoms with van der Waals surface area (Å²) in [5.41, 5.74) is 17.6. The molecule has 3 aromatic heterocycles. The number of nitrogens with zero attached hydrogens (tertiary/aromatic N) is 7. The first-order chi connectivity index (χ1) is 33.7. The molecule has 1 atom stereocenters. The summed E-state index contributed by atoms with van der Waals surface area (Å²) in [7, 11) is 2.07. The van der Waals surface area contributed by atoms with E-state index in [1.54, 1.807) is 11.3 Å². The highest BCUT2D eigenvalue weighted by atomic mass is 32.1. The molecule has 69 heavy (non-hydrogen) atoms. The lowest BCUT2D eigenvalue weighted by Crippen LogP contribution is -2.46. The zero-order valence-corrected chi connectivity index (χ0v) is 41.5. The molecule has 10 heteroatoms. The number of benzene rings is 4. The topological polar surface area (TPSA) is 77.4 Å². The van der Waals surface area contributed by atoms with Gasteiger partial charge >= 0.3 is 0 Å². The summed E-state index contributed by atoms with van der Waals surface area (Å²) in [4.78, 5) is 17.8. The summed E-state index contributed by atoms with van der Waals surface area (Å²) in [6, 6.07) is 33.0. The Labute approximate surface area is 413 Å². The Balaban J connectivity index is 0.677. The molecular formula is C59H67N9S. The van der Waals surface area contributed by atoms with Crippen LogP contribution in [0.25, 0.3) is 44.0 Å². The van der Waals surface area contributed by atoms with Crippen LogP contribution < -0.4 is 15.5 Å². The predicted molar refractivity (Wildman–Crippen MR) is 291 cm³/mol. The van der Waals surface area contributed by atoms with Gasteiger partial charge in [0.1, 0.15) is 5.82 Å². The molecule has 2 fully saturated rings. The fourth-order valence-electron chi connectivity index (χ4n) is 10.9. The van der Waals surface area contributed by atoms with E-state index in [9.17, 15) is 0 Å². The van der Waals surface area contributed by atoms with E-state index in [4.69, 9.17) is 15.1 Å². The molecule has 3 aliphatic rings. The largest absolute Gasteiger partial charge is 0.363 e. The Morgan fingerprint density at radius 3 is 2.39 bits per heavy atom. The minimum atomic E-state index is 0.230. The van der Waals surface area contributed by atoms with Gasteiger partial charge in [0.2, 0.25) is 0 Å². The van der Waals surface area contributed by atoms with Gasteiger partial charge in [0.05, 0.1) is 27.1 Å². The summed E-state index contributed by atoms with van der Waals surface area (Å²) in [5.74, 6) is 1.21. The zero-order valence-electron chi connectivity index (χ0n) is 40.7. The molecule has 0 spiro atoms. The van der Waals surface area contributed by atoms with Crippen molar-refractivity contribution in [3.05, 3.63) is 173 Å². The van der Waals surface area contributed by atoms with Crippen molar-refractivity contribution in [2.75, 3.05) is 56.0 Å². The van der Waals surface area contributed by atoms with E-state index in [1.807, 2.05) is 12.1 Å². The molecule has 3 aliphatic heterocycles. The zero-order chi connectivity index (χ0) is 47.4. The number of piperazine rings is 1. The molecule has 1 unspecified atom stereocenters. The van der Waals surface area contributed by atoms with E-state index >= 15 is 0 Å². The minimum Gasteiger partial charge on any atom is -0.363 e. The summed E-state index contributed by atoms with van der Waals surface area (Å²) in [6.45, 7) is 28.1. The van der Waals surface area contributed by atoms with E-state index in [0.717, 1.165) is 106 Å². The van der Waals surface area contributed by atoms with Gasteiger partial charge in [-0.3, -0.25) is 4.68 Å². The molecule has 0 radical (unpaired) electrons.